The Labute approximate surface area is 130 Å². The van der Waals surface area contributed by atoms with Crippen LogP contribution in [0.4, 0.5) is 10.1 Å². The Bertz CT molecular complexity index is 566. The number of halogens is 1. The van der Waals surface area contributed by atoms with Gasteiger partial charge in [-0.15, -0.1) is 0 Å². The number of benzene rings is 1. The molecule has 5 heteroatoms. The number of carbonyl (C=O) groups is 2. The molecule has 1 aromatic rings. The molecule has 4 nitrogen and oxygen atoms in total. The van der Waals surface area contributed by atoms with Crippen molar-refractivity contribution in [3.8, 4) is 0 Å². The summed E-state index contributed by atoms with van der Waals surface area (Å²) < 4.78 is 13.6. The van der Waals surface area contributed by atoms with E-state index >= 15 is 0 Å². The Morgan fingerprint density at radius 3 is 2.59 bits per heavy atom. The third kappa shape index (κ3) is 3.84. The van der Waals surface area contributed by atoms with Crippen LogP contribution in [-0.4, -0.2) is 29.8 Å². The van der Waals surface area contributed by atoms with Gasteiger partial charge in [-0.3, -0.25) is 9.59 Å². The second-order valence-corrected chi connectivity index (χ2v) is 6.81. The number of anilines is 1. The van der Waals surface area contributed by atoms with E-state index in [0.29, 0.717) is 19.5 Å². The number of carbonyl (C=O) groups excluding carboxylic acids is 2. The molecule has 1 aromatic carbocycles. The molecule has 0 radical (unpaired) electrons. The van der Waals surface area contributed by atoms with Crippen LogP contribution in [0.1, 0.15) is 33.6 Å². The van der Waals surface area contributed by atoms with Crippen molar-refractivity contribution in [1.82, 2.24) is 4.90 Å². The summed E-state index contributed by atoms with van der Waals surface area (Å²) >= 11 is 0. The lowest BCUT2D eigenvalue weighted by Gasteiger charge is -2.35. The average Bonchev–Trinajstić information content (AvgIpc) is 2.48. The summed E-state index contributed by atoms with van der Waals surface area (Å²) in [4.78, 5) is 26.4. The van der Waals surface area contributed by atoms with Crippen molar-refractivity contribution in [2.75, 3.05) is 18.4 Å². The molecule has 0 aliphatic carbocycles. The Morgan fingerprint density at radius 1 is 1.27 bits per heavy atom. The topological polar surface area (TPSA) is 49.4 Å². The fraction of sp³-hybridized carbons (Fsp3) is 0.529. The second kappa shape index (κ2) is 6.46. The van der Waals surface area contributed by atoms with Crippen molar-refractivity contribution in [2.45, 2.75) is 33.6 Å². The highest BCUT2D eigenvalue weighted by Gasteiger charge is 2.33. The molecule has 0 bridgehead atoms. The standard InChI is InChI=1S/C17H23FN2O2/c1-17(2,3)16(22)20-10-6-7-12(11-20)15(21)19-14-9-5-4-8-13(14)18/h4-5,8-9,12H,6-7,10-11H2,1-3H3,(H,19,21)/t12-/m1/s1. The summed E-state index contributed by atoms with van der Waals surface area (Å²) in [5, 5.41) is 2.63. The number of nitrogens with zero attached hydrogens (tertiary/aromatic N) is 1. The van der Waals surface area contributed by atoms with Gasteiger partial charge in [0, 0.05) is 18.5 Å². The first-order chi connectivity index (χ1) is 10.3. The molecule has 0 aromatic heterocycles. The molecule has 0 saturated carbocycles. The van der Waals surface area contributed by atoms with E-state index in [0.717, 1.165) is 6.42 Å². The van der Waals surface area contributed by atoms with E-state index in [1.54, 1.807) is 17.0 Å². The molecule has 1 fully saturated rings. The van der Waals surface area contributed by atoms with Gasteiger partial charge >= 0.3 is 0 Å². The van der Waals surface area contributed by atoms with Gasteiger partial charge in [0.2, 0.25) is 11.8 Å². The van der Waals surface area contributed by atoms with E-state index in [2.05, 4.69) is 5.32 Å². The molecule has 0 spiro atoms. The lowest BCUT2D eigenvalue weighted by atomic mass is 9.91. The summed E-state index contributed by atoms with van der Waals surface area (Å²) in [6, 6.07) is 6.10. The summed E-state index contributed by atoms with van der Waals surface area (Å²) in [6.45, 7) is 6.70. The van der Waals surface area contributed by atoms with Crippen molar-refractivity contribution in [3.05, 3.63) is 30.1 Å². The van der Waals surface area contributed by atoms with E-state index in [1.807, 2.05) is 20.8 Å². The van der Waals surface area contributed by atoms with Gasteiger partial charge < -0.3 is 10.2 Å². The molecule has 1 aliphatic rings. The third-order valence-corrected chi connectivity index (χ3v) is 3.85. The summed E-state index contributed by atoms with van der Waals surface area (Å²) in [7, 11) is 0. The van der Waals surface area contributed by atoms with Crippen molar-refractivity contribution in [3.63, 3.8) is 0 Å². The van der Waals surface area contributed by atoms with E-state index < -0.39 is 11.2 Å². The van der Waals surface area contributed by atoms with Crippen LogP contribution >= 0.6 is 0 Å². The maximum atomic E-state index is 13.6. The highest BCUT2D eigenvalue weighted by molar-refractivity contribution is 5.93. The number of hydrogen-bond acceptors (Lipinski definition) is 2. The number of amides is 2. The summed E-state index contributed by atoms with van der Waals surface area (Å²) in [5.41, 5.74) is -0.268. The van der Waals surface area contributed by atoms with Crippen LogP contribution in [0.15, 0.2) is 24.3 Å². The number of hydrogen-bond donors (Lipinski definition) is 1. The van der Waals surface area contributed by atoms with Gasteiger partial charge in [-0.1, -0.05) is 32.9 Å². The minimum Gasteiger partial charge on any atom is -0.341 e. The van der Waals surface area contributed by atoms with E-state index in [1.165, 1.54) is 12.1 Å². The molecule has 1 atom stereocenters. The molecule has 2 amide bonds. The molecule has 2 rings (SSSR count). The zero-order valence-electron chi connectivity index (χ0n) is 13.4. The van der Waals surface area contributed by atoms with Crippen LogP contribution in [0.3, 0.4) is 0 Å². The van der Waals surface area contributed by atoms with Gasteiger partial charge in [0.15, 0.2) is 0 Å². The monoisotopic (exact) mass is 306 g/mol. The van der Waals surface area contributed by atoms with Crippen LogP contribution < -0.4 is 5.32 Å². The van der Waals surface area contributed by atoms with Crippen molar-refractivity contribution in [1.29, 1.82) is 0 Å². The van der Waals surface area contributed by atoms with Gasteiger partial charge in [0.1, 0.15) is 5.82 Å². The highest BCUT2D eigenvalue weighted by atomic mass is 19.1. The van der Waals surface area contributed by atoms with Crippen LogP contribution in [0.5, 0.6) is 0 Å². The molecule has 1 heterocycles. The Morgan fingerprint density at radius 2 is 1.95 bits per heavy atom. The molecule has 1 N–H and O–H groups in total. The first-order valence-corrected chi connectivity index (χ1v) is 7.64. The lowest BCUT2D eigenvalue weighted by Crippen LogP contribution is -2.47. The van der Waals surface area contributed by atoms with Crippen LogP contribution in [0, 0.1) is 17.2 Å². The van der Waals surface area contributed by atoms with E-state index in [9.17, 15) is 14.0 Å². The smallest absolute Gasteiger partial charge is 0.229 e. The van der Waals surface area contributed by atoms with E-state index in [-0.39, 0.29) is 23.4 Å². The number of rotatable bonds is 2. The van der Waals surface area contributed by atoms with Gasteiger partial charge in [0.05, 0.1) is 11.6 Å². The molecule has 22 heavy (non-hydrogen) atoms. The third-order valence-electron chi connectivity index (χ3n) is 3.85. The highest BCUT2D eigenvalue weighted by Crippen LogP contribution is 2.24. The SMILES string of the molecule is CC(C)(C)C(=O)N1CCC[C@@H](C(=O)Nc2ccccc2F)C1. The predicted octanol–water partition coefficient (Wildman–Crippen LogP) is 3.05. The van der Waals surface area contributed by atoms with Crippen molar-refractivity contribution in [2.24, 2.45) is 11.3 Å². The quantitative estimate of drug-likeness (QED) is 0.913. The zero-order valence-corrected chi connectivity index (χ0v) is 13.4. The van der Waals surface area contributed by atoms with Gasteiger partial charge in [-0.05, 0) is 25.0 Å². The molecule has 0 unspecified atom stereocenters. The van der Waals surface area contributed by atoms with Crippen LogP contribution in [-0.2, 0) is 9.59 Å². The van der Waals surface area contributed by atoms with Gasteiger partial charge in [-0.2, -0.15) is 0 Å². The first kappa shape index (κ1) is 16.5. The molecular formula is C17H23FN2O2. The zero-order chi connectivity index (χ0) is 16.3. The Balaban J connectivity index is 2.02. The normalized spacial score (nSPS) is 18.9. The number of likely N-dealkylation sites (tertiary alicyclic amines) is 1. The predicted molar refractivity (Wildman–Crippen MR) is 83.8 cm³/mol. The van der Waals surface area contributed by atoms with Crippen LogP contribution in [0.25, 0.3) is 0 Å². The minimum atomic E-state index is -0.454. The molecular weight excluding hydrogens is 283 g/mol. The number of piperidine rings is 1. The fourth-order valence-electron chi connectivity index (χ4n) is 2.65. The fourth-order valence-corrected chi connectivity index (χ4v) is 2.65. The average molecular weight is 306 g/mol. The Hall–Kier alpha value is -1.91. The van der Waals surface area contributed by atoms with E-state index in [4.69, 9.17) is 0 Å². The molecule has 1 saturated heterocycles. The molecule has 120 valence electrons. The largest absolute Gasteiger partial charge is 0.341 e. The number of nitrogens with one attached hydrogen (secondary N) is 1. The minimum absolute atomic E-state index is 0.0518. The maximum absolute atomic E-state index is 13.6. The summed E-state index contributed by atoms with van der Waals surface area (Å²) in [5.74, 6) is -0.915. The molecule has 1 aliphatic heterocycles. The van der Waals surface area contributed by atoms with Crippen molar-refractivity contribution < 1.29 is 14.0 Å². The first-order valence-electron chi connectivity index (χ1n) is 7.64. The summed E-state index contributed by atoms with van der Waals surface area (Å²) in [6.07, 6.45) is 1.51. The van der Waals surface area contributed by atoms with Gasteiger partial charge in [0.25, 0.3) is 0 Å². The maximum Gasteiger partial charge on any atom is 0.229 e. The van der Waals surface area contributed by atoms with Crippen molar-refractivity contribution >= 4 is 17.5 Å². The van der Waals surface area contributed by atoms with Gasteiger partial charge in [-0.25, -0.2) is 4.39 Å². The Kier molecular flexibility index (Phi) is 4.84. The number of para-hydroxylation sites is 1. The lowest BCUT2D eigenvalue weighted by molar-refractivity contribution is -0.142. The van der Waals surface area contributed by atoms with Crippen LogP contribution in [0.2, 0.25) is 0 Å². The second-order valence-electron chi connectivity index (χ2n) is 6.81.